The lowest BCUT2D eigenvalue weighted by Crippen LogP contribution is -2.54. The van der Waals surface area contributed by atoms with Gasteiger partial charge in [0.2, 0.25) is 0 Å². The van der Waals surface area contributed by atoms with E-state index in [0.717, 1.165) is 38.5 Å². The van der Waals surface area contributed by atoms with Crippen molar-refractivity contribution in [1.82, 2.24) is 0 Å². The predicted octanol–water partition coefficient (Wildman–Crippen LogP) is 3.67. The molecule has 3 saturated carbocycles. The van der Waals surface area contributed by atoms with E-state index >= 15 is 0 Å². The Labute approximate surface area is 140 Å². The van der Waals surface area contributed by atoms with E-state index < -0.39 is 5.60 Å². The summed E-state index contributed by atoms with van der Waals surface area (Å²) in [5.41, 5.74) is 0.767. The first-order valence-corrected chi connectivity index (χ1v) is 9.43. The van der Waals surface area contributed by atoms with E-state index in [9.17, 15) is 10.2 Å². The molecule has 3 fully saturated rings. The van der Waals surface area contributed by atoms with Crippen molar-refractivity contribution >= 4 is 0 Å². The van der Waals surface area contributed by atoms with Gasteiger partial charge in [-0.05, 0) is 74.5 Å². The molecule has 0 aliphatic heterocycles. The topological polar surface area (TPSA) is 40.5 Å². The van der Waals surface area contributed by atoms with Crippen LogP contribution >= 0.6 is 0 Å². The molecule has 0 aromatic carbocycles. The lowest BCUT2D eigenvalue weighted by molar-refractivity contribution is -0.101. The third-order valence-electron chi connectivity index (χ3n) is 8.48. The van der Waals surface area contributed by atoms with E-state index in [4.69, 9.17) is 6.42 Å². The number of fused-ring (bicyclic) bond motifs is 5. The van der Waals surface area contributed by atoms with Crippen molar-refractivity contribution < 1.29 is 10.2 Å². The third-order valence-corrected chi connectivity index (χ3v) is 8.48. The second kappa shape index (κ2) is 4.87. The fraction of sp³-hybridized carbons (Fsp3) is 0.810. The lowest BCUT2D eigenvalue weighted by atomic mass is 9.46. The Kier molecular flexibility index (Phi) is 3.33. The zero-order valence-corrected chi connectivity index (χ0v) is 14.5. The van der Waals surface area contributed by atoms with Crippen LogP contribution in [-0.2, 0) is 0 Å². The van der Waals surface area contributed by atoms with Crippen LogP contribution in [0.3, 0.4) is 0 Å². The smallest absolute Gasteiger partial charge is 0.130 e. The highest BCUT2D eigenvalue weighted by Gasteiger charge is 2.63. The first-order chi connectivity index (χ1) is 10.8. The highest BCUT2D eigenvalue weighted by Crippen LogP contribution is 2.67. The highest BCUT2D eigenvalue weighted by molar-refractivity contribution is 5.28. The summed E-state index contributed by atoms with van der Waals surface area (Å²) in [6.45, 7) is 4.69. The molecule has 0 bridgehead atoms. The fourth-order valence-electron chi connectivity index (χ4n) is 6.96. The van der Waals surface area contributed by atoms with Gasteiger partial charge in [0.05, 0.1) is 6.10 Å². The van der Waals surface area contributed by atoms with E-state index in [-0.39, 0.29) is 16.9 Å². The van der Waals surface area contributed by atoms with E-state index in [2.05, 4.69) is 25.8 Å². The average Bonchev–Trinajstić information content (AvgIpc) is 2.80. The monoisotopic (exact) mass is 314 g/mol. The number of aliphatic hydroxyl groups excluding tert-OH is 1. The maximum atomic E-state index is 11.0. The van der Waals surface area contributed by atoms with Crippen LogP contribution in [0.15, 0.2) is 11.6 Å². The minimum Gasteiger partial charge on any atom is -0.389 e. The van der Waals surface area contributed by atoms with Gasteiger partial charge < -0.3 is 10.2 Å². The van der Waals surface area contributed by atoms with Crippen LogP contribution in [0.4, 0.5) is 0 Å². The second-order valence-corrected chi connectivity index (χ2v) is 9.13. The summed E-state index contributed by atoms with van der Waals surface area (Å²) in [6.07, 6.45) is 16.1. The molecule has 0 amide bonds. The van der Waals surface area contributed by atoms with Crippen LogP contribution in [0.5, 0.6) is 0 Å². The van der Waals surface area contributed by atoms with Gasteiger partial charge in [-0.2, -0.15) is 0 Å². The van der Waals surface area contributed by atoms with Gasteiger partial charge in [0.15, 0.2) is 0 Å². The summed E-state index contributed by atoms with van der Waals surface area (Å²) in [7, 11) is 0. The number of rotatable bonds is 0. The van der Waals surface area contributed by atoms with Gasteiger partial charge in [-0.1, -0.05) is 31.4 Å². The normalized spacial score (nSPS) is 55.2. The number of hydrogen-bond donors (Lipinski definition) is 2. The zero-order valence-electron chi connectivity index (χ0n) is 14.5. The molecule has 126 valence electrons. The Morgan fingerprint density at radius 2 is 1.83 bits per heavy atom. The Balaban J connectivity index is 1.69. The molecule has 2 N–H and O–H groups in total. The Morgan fingerprint density at radius 1 is 1.09 bits per heavy atom. The number of hydrogen-bond acceptors (Lipinski definition) is 2. The maximum absolute atomic E-state index is 11.0. The van der Waals surface area contributed by atoms with Crippen molar-refractivity contribution in [3.8, 4) is 12.3 Å². The molecule has 23 heavy (non-hydrogen) atoms. The summed E-state index contributed by atoms with van der Waals surface area (Å²) in [4.78, 5) is 0. The number of aliphatic hydroxyl groups is 2. The molecule has 2 heteroatoms. The molecular weight excluding hydrogens is 284 g/mol. The van der Waals surface area contributed by atoms with Gasteiger partial charge in [-0.15, -0.1) is 6.42 Å². The van der Waals surface area contributed by atoms with Crippen LogP contribution in [0.25, 0.3) is 0 Å². The third kappa shape index (κ3) is 1.90. The SMILES string of the molecule is C#C[C@]1(O)CC[C@@H]2[C@@H]3CCC4=C[C@@H](O)CC[C@]4(C)[C@@H]3CC[C@@]21C. The second-order valence-electron chi connectivity index (χ2n) is 9.13. The van der Waals surface area contributed by atoms with E-state index in [1.54, 1.807) is 0 Å². The Morgan fingerprint density at radius 3 is 2.57 bits per heavy atom. The molecule has 0 aromatic heterocycles. The van der Waals surface area contributed by atoms with Crippen molar-refractivity contribution in [2.24, 2.45) is 28.6 Å². The maximum Gasteiger partial charge on any atom is 0.130 e. The minimum atomic E-state index is -0.900. The molecule has 4 aliphatic carbocycles. The first kappa shape index (κ1) is 15.7. The fourth-order valence-corrected chi connectivity index (χ4v) is 6.96. The summed E-state index contributed by atoms with van der Waals surface area (Å²) < 4.78 is 0. The quantitative estimate of drug-likeness (QED) is 0.529. The van der Waals surface area contributed by atoms with Crippen LogP contribution in [-0.4, -0.2) is 21.9 Å². The Bertz CT molecular complexity index is 587. The molecule has 0 radical (unpaired) electrons. The highest BCUT2D eigenvalue weighted by atomic mass is 16.3. The van der Waals surface area contributed by atoms with Crippen LogP contribution < -0.4 is 0 Å². The molecule has 4 aliphatic rings. The molecule has 0 unspecified atom stereocenters. The summed E-state index contributed by atoms with van der Waals surface area (Å²) in [6, 6.07) is 0. The van der Waals surface area contributed by atoms with Crippen molar-refractivity contribution in [3.05, 3.63) is 11.6 Å². The first-order valence-electron chi connectivity index (χ1n) is 9.43. The van der Waals surface area contributed by atoms with E-state index in [0.29, 0.717) is 17.8 Å². The predicted molar refractivity (Wildman–Crippen MR) is 91.5 cm³/mol. The van der Waals surface area contributed by atoms with Gasteiger partial charge in [0.25, 0.3) is 0 Å². The van der Waals surface area contributed by atoms with Crippen molar-refractivity contribution in [3.63, 3.8) is 0 Å². The van der Waals surface area contributed by atoms with Gasteiger partial charge in [-0.3, -0.25) is 0 Å². The summed E-state index contributed by atoms with van der Waals surface area (Å²) in [5.74, 6) is 4.71. The van der Waals surface area contributed by atoms with Gasteiger partial charge in [-0.25, -0.2) is 0 Å². The van der Waals surface area contributed by atoms with Crippen LogP contribution in [0.1, 0.15) is 65.2 Å². The summed E-state index contributed by atoms with van der Waals surface area (Å²) >= 11 is 0. The Hall–Kier alpha value is -0.780. The van der Waals surface area contributed by atoms with Crippen LogP contribution in [0, 0.1) is 40.9 Å². The molecule has 7 atom stereocenters. The largest absolute Gasteiger partial charge is 0.389 e. The van der Waals surface area contributed by atoms with Gasteiger partial charge >= 0.3 is 0 Å². The number of terminal acetylenes is 1. The molecule has 4 rings (SSSR count). The van der Waals surface area contributed by atoms with Gasteiger partial charge in [0, 0.05) is 5.41 Å². The minimum absolute atomic E-state index is 0.103. The van der Waals surface area contributed by atoms with Crippen molar-refractivity contribution in [1.29, 1.82) is 0 Å². The number of allylic oxidation sites excluding steroid dienone is 1. The summed E-state index contributed by atoms with van der Waals surface area (Å²) in [5, 5.41) is 21.0. The molecule has 2 nitrogen and oxygen atoms in total. The zero-order chi connectivity index (χ0) is 16.5. The van der Waals surface area contributed by atoms with Crippen LogP contribution in [0.2, 0.25) is 0 Å². The molecule has 0 spiro atoms. The lowest BCUT2D eigenvalue weighted by Gasteiger charge is -2.59. The van der Waals surface area contributed by atoms with E-state index in [1.807, 2.05) is 0 Å². The molecule has 0 saturated heterocycles. The standard InChI is InChI=1S/C21H30O2/c1-4-21(23)12-9-18-16-6-5-14-13-15(22)7-10-19(14,2)17(16)8-11-20(18,21)3/h1,13,15-18,22-23H,5-12H2,2-3H3/t15-,16+,17+,18+,19-,20-,21-/m0/s1. The molecular formula is C21H30O2. The molecule has 0 heterocycles. The average molecular weight is 314 g/mol. The van der Waals surface area contributed by atoms with Gasteiger partial charge in [0.1, 0.15) is 5.60 Å². The molecule has 0 aromatic rings. The van der Waals surface area contributed by atoms with Crippen molar-refractivity contribution in [2.45, 2.75) is 76.9 Å². The van der Waals surface area contributed by atoms with Crippen molar-refractivity contribution in [2.75, 3.05) is 0 Å². The van der Waals surface area contributed by atoms with E-state index in [1.165, 1.54) is 18.4 Å².